The van der Waals surface area contributed by atoms with E-state index >= 15 is 0 Å². The molecule has 0 unspecified atom stereocenters. The van der Waals surface area contributed by atoms with Gasteiger partial charge in [0.15, 0.2) is 0 Å². The molecule has 4 heterocycles. The molecule has 126 valence electrons. The van der Waals surface area contributed by atoms with Crippen LogP contribution in [0.5, 0.6) is 0 Å². The summed E-state index contributed by atoms with van der Waals surface area (Å²) in [6, 6.07) is 0. The fourth-order valence-corrected chi connectivity index (χ4v) is 3.53. The number of carbonyl (C=O) groups is 1. The predicted octanol–water partition coefficient (Wildman–Crippen LogP) is 1.35. The van der Waals surface area contributed by atoms with Gasteiger partial charge in [-0.05, 0) is 13.3 Å². The van der Waals surface area contributed by atoms with Crippen LogP contribution in [0.15, 0.2) is 12.4 Å². The van der Waals surface area contributed by atoms with Gasteiger partial charge in [0, 0.05) is 31.4 Å². The van der Waals surface area contributed by atoms with Gasteiger partial charge in [-0.15, -0.1) is 0 Å². The predicted molar refractivity (Wildman–Crippen MR) is 86.3 cm³/mol. The number of ether oxygens (including phenoxy) is 1. The van der Waals surface area contributed by atoms with Crippen LogP contribution < -0.4 is 0 Å². The average molecular weight is 327 g/mol. The number of hydrogen-bond acceptors (Lipinski definition) is 5. The second kappa shape index (κ2) is 5.37. The molecule has 7 heteroatoms. The van der Waals surface area contributed by atoms with Gasteiger partial charge in [0.05, 0.1) is 36.6 Å². The number of fused-ring (bicyclic) bond motifs is 2. The fourth-order valence-electron chi connectivity index (χ4n) is 3.53. The maximum absolute atomic E-state index is 12.6. The lowest BCUT2D eigenvalue weighted by Crippen LogP contribution is -2.61. The molecule has 24 heavy (non-hydrogen) atoms. The molecule has 0 atom stereocenters. The van der Waals surface area contributed by atoms with Crippen LogP contribution in [0.25, 0.3) is 0 Å². The standard InChI is InChI=1S/C17H21N5O2/c1-4-5-15-18-6-13-14(19-15)8-24-17(13)9-22(10-17)16(23)12-7-21(3)20-11(12)2/h6-7H,4-5,8-10H2,1-3H3. The highest BCUT2D eigenvalue weighted by atomic mass is 16.5. The zero-order chi connectivity index (χ0) is 16.9. The van der Waals surface area contributed by atoms with E-state index < -0.39 is 5.60 Å². The Balaban J connectivity index is 1.52. The molecule has 7 nitrogen and oxygen atoms in total. The number of nitrogens with zero attached hydrogens (tertiary/aromatic N) is 5. The fraction of sp³-hybridized carbons (Fsp3) is 0.529. The molecule has 1 saturated heterocycles. The highest BCUT2D eigenvalue weighted by molar-refractivity contribution is 5.95. The summed E-state index contributed by atoms with van der Waals surface area (Å²) in [5.74, 6) is 0.877. The van der Waals surface area contributed by atoms with Crippen LogP contribution in [0.3, 0.4) is 0 Å². The van der Waals surface area contributed by atoms with Gasteiger partial charge >= 0.3 is 0 Å². The van der Waals surface area contributed by atoms with Crippen LogP contribution in [-0.4, -0.2) is 43.6 Å². The SMILES string of the molecule is CCCc1ncc2c(n1)COC21CN(C(=O)c2cn(C)nc2C)C1. The molecule has 2 aromatic heterocycles. The first kappa shape index (κ1) is 15.3. The molecule has 1 spiro atoms. The molecule has 0 aliphatic carbocycles. The number of likely N-dealkylation sites (tertiary alicyclic amines) is 1. The van der Waals surface area contributed by atoms with E-state index in [0.29, 0.717) is 25.3 Å². The molecule has 2 aliphatic rings. The Morgan fingerprint density at radius 3 is 2.88 bits per heavy atom. The van der Waals surface area contributed by atoms with Crippen molar-refractivity contribution in [3.8, 4) is 0 Å². The molecule has 4 rings (SSSR count). The van der Waals surface area contributed by atoms with Gasteiger partial charge in [-0.25, -0.2) is 9.97 Å². The molecule has 2 aliphatic heterocycles. The maximum atomic E-state index is 12.6. The van der Waals surface area contributed by atoms with E-state index in [9.17, 15) is 4.79 Å². The van der Waals surface area contributed by atoms with Gasteiger partial charge in [0.1, 0.15) is 11.4 Å². The lowest BCUT2D eigenvalue weighted by Gasteiger charge is -2.47. The lowest BCUT2D eigenvalue weighted by molar-refractivity contribution is -0.126. The first-order chi connectivity index (χ1) is 11.5. The third-order valence-corrected chi connectivity index (χ3v) is 4.79. The van der Waals surface area contributed by atoms with Gasteiger partial charge in [-0.1, -0.05) is 6.92 Å². The second-order valence-corrected chi connectivity index (χ2v) is 6.64. The Morgan fingerprint density at radius 1 is 1.42 bits per heavy atom. The van der Waals surface area contributed by atoms with Gasteiger partial charge in [-0.3, -0.25) is 9.48 Å². The minimum Gasteiger partial charge on any atom is -0.360 e. The van der Waals surface area contributed by atoms with Crippen LogP contribution in [0.2, 0.25) is 0 Å². The topological polar surface area (TPSA) is 73.1 Å². The Kier molecular flexibility index (Phi) is 3.42. The average Bonchev–Trinajstić information content (AvgIpc) is 3.05. The Morgan fingerprint density at radius 2 is 2.21 bits per heavy atom. The number of rotatable bonds is 3. The Bertz CT molecular complexity index is 807. The summed E-state index contributed by atoms with van der Waals surface area (Å²) < 4.78 is 7.68. The molecule has 0 aromatic carbocycles. The van der Waals surface area contributed by atoms with E-state index in [1.54, 1.807) is 15.8 Å². The molecular weight excluding hydrogens is 306 g/mol. The van der Waals surface area contributed by atoms with E-state index in [1.165, 1.54) is 0 Å². The van der Waals surface area contributed by atoms with Gasteiger partial charge < -0.3 is 9.64 Å². The molecule has 0 radical (unpaired) electrons. The normalized spacial score (nSPS) is 17.9. The molecule has 0 bridgehead atoms. The highest BCUT2D eigenvalue weighted by Gasteiger charge is 2.52. The van der Waals surface area contributed by atoms with Crippen molar-refractivity contribution in [3.05, 3.63) is 40.7 Å². The minimum absolute atomic E-state index is 0.00629. The van der Waals surface area contributed by atoms with Crippen molar-refractivity contribution in [3.63, 3.8) is 0 Å². The second-order valence-electron chi connectivity index (χ2n) is 6.64. The number of aromatic nitrogens is 4. The van der Waals surface area contributed by atoms with Crippen molar-refractivity contribution in [1.29, 1.82) is 0 Å². The van der Waals surface area contributed by atoms with E-state index in [2.05, 4.69) is 22.0 Å². The van der Waals surface area contributed by atoms with Gasteiger partial charge in [-0.2, -0.15) is 5.10 Å². The first-order valence-electron chi connectivity index (χ1n) is 8.31. The maximum Gasteiger partial charge on any atom is 0.257 e. The third kappa shape index (κ3) is 2.23. The molecule has 0 saturated carbocycles. The molecule has 1 fully saturated rings. The smallest absolute Gasteiger partial charge is 0.257 e. The zero-order valence-corrected chi connectivity index (χ0v) is 14.2. The number of carbonyl (C=O) groups excluding carboxylic acids is 1. The summed E-state index contributed by atoms with van der Waals surface area (Å²) in [4.78, 5) is 23.5. The summed E-state index contributed by atoms with van der Waals surface area (Å²) >= 11 is 0. The van der Waals surface area contributed by atoms with Crippen LogP contribution in [0, 0.1) is 6.92 Å². The van der Waals surface area contributed by atoms with Gasteiger partial charge in [0.2, 0.25) is 0 Å². The minimum atomic E-state index is -0.425. The first-order valence-corrected chi connectivity index (χ1v) is 8.31. The summed E-state index contributed by atoms with van der Waals surface area (Å²) in [5.41, 5.74) is 2.99. The molecule has 0 N–H and O–H groups in total. The third-order valence-electron chi connectivity index (χ3n) is 4.79. The molecule has 1 amide bonds. The molecule has 2 aromatic rings. The van der Waals surface area contributed by atoms with Crippen LogP contribution in [0.1, 0.15) is 46.5 Å². The Hall–Kier alpha value is -2.28. The van der Waals surface area contributed by atoms with Crippen molar-refractivity contribution in [2.45, 2.75) is 38.9 Å². The van der Waals surface area contributed by atoms with Crippen molar-refractivity contribution < 1.29 is 9.53 Å². The summed E-state index contributed by atoms with van der Waals surface area (Å²) in [7, 11) is 1.82. The lowest BCUT2D eigenvalue weighted by atomic mass is 9.87. The van der Waals surface area contributed by atoms with E-state index in [1.807, 2.05) is 20.2 Å². The van der Waals surface area contributed by atoms with E-state index in [4.69, 9.17) is 4.74 Å². The number of hydrogen-bond donors (Lipinski definition) is 0. The highest BCUT2D eigenvalue weighted by Crippen LogP contribution is 2.43. The van der Waals surface area contributed by atoms with Crippen molar-refractivity contribution in [2.75, 3.05) is 13.1 Å². The van der Waals surface area contributed by atoms with E-state index in [0.717, 1.165) is 35.6 Å². The van der Waals surface area contributed by atoms with E-state index in [-0.39, 0.29) is 5.91 Å². The van der Waals surface area contributed by atoms with Gasteiger partial charge in [0.25, 0.3) is 5.91 Å². The quantitative estimate of drug-likeness (QED) is 0.851. The summed E-state index contributed by atoms with van der Waals surface area (Å²) in [6.45, 7) is 5.56. The van der Waals surface area contributed by atoms with Crippen molar-refractivity contribution in [1.82, 2.24) is 24.6 Å². The van der Waals surface area contributed by atoms with Crippen LogP contribution in [-0.2, 0) is 30.4 Å². The van der Waals surface area contributed by atoms with Crippen molar-refractivity contribution in [2.24, 2.45) is 7.05 Å². The number of aryl methyl sites for hydroxylation is 3. The number of amides is 1. The van der Waals surface area contributed by atoms with Crippen molar-refractivity contribution >= 4 is 5.91 Å². The molecular formula is C17H21N5O2. The monoisotopic (exact) mass is 327 g/mol. The zero-order valence-electron chi connectivity index (χ0n) is 14.2. The summed E-state index contributed by atoms with van der Waals surface area (Å²) in [5, 5.41) is 4.24. The Labute approximate surface area is 140 Å². The largest absolute Gasteiger partial charge is 0.360 e. The summed E-state index contributed by atoms with van der Waals surface area (Å²) in [6.07, 6.45) is 5.56. The van der Waals surface area contributed by atoms with Crippen LogP contribution >= 0.6 is 0 Å². The van der Waals surface area contributed by atoms with Crippen LogP contribution in [0.4, 0.5) is 0 Å².